The lowest BCUT2D eigenvalue weighted by atomic mass is 10.1. The number of aryl methyl sites for hydroxylation is 1. The Morgan fingerprint density at radius 1 is 0.960 bits per heavy atom. The standard InChI is InChI=1S/C20H26N2O3/c1-15-5-4-6-16(11-15)13-21-10-9-20(23)22-14-17-7-8-18(24-2)19(12-17)25-3/h4-8,11-12,21H,9-10,13-14H2,1-3H3,(H,22,23). The van der Waals surface area contributed by atoms with E-state index in [0.29, 0.717) is 31.0 Å². The van der Waals surface area contributed by atoms with Gasteiger partial charge in [-0.15, -0.1) is 0 Å². The van der Waals surface area contributed by atoms with Crippen molar-refractivity contribution < 1.29 is 14.3 Å². The molecular formula is C20H26N2O3. The lowest BCUT2D eigenvalue weighted by Crippen LogP contribution is -2.27. The minimum absolute atomic E-state index is 0.0199. The van der Waals surface area contributed by atoms with Gasteiger partial charge in [-0.05, 0) is 30.2 Å². The molecule has 134 valence electrons. The number of methoxy groups -OCH3 is 2. The number of carbonyl (C=O) groups is 1. The highest BCUT2D eigenvalue weighted by molar-refractivity contribution is 5.76. The molecular weight excluding hydrogens is 316 g/mol. The first-order chi connectivity index (χ1) is 12.1. The molecule has 0 saturated heterocycles. The van der Waals surface area contributed by atoms with Crippen molar-refractivity contribution in [1.82, 2.24) is 10.6 Å². The van der Waals surface area contributed by atoms with Gasteiger partial charge in [0.2, 0.25) is 5.91 Å². The Hall–Kier alpha value is -2.53. The van der Waals surface area contributed by atoms with E-state index in [-0.39, 0.29) is 5.91 Å². The van der Waals surface area contributed by atoms with Gasteiger partial charge in [-0.3, -0.25) is 4.79 Å². The minimum atomic E-state index is 0.0199. The third kappa shape index (κ3) is 6.12. The monoisotopic (exact) mass is 342 g/mol. The van der Waals surface area contributed by atoms with Crippen LogP contribution in [0.4, 0.5) is 0 Å². The van der Waals surface area contributed by atoms with Crippen molar-refractivity contribution in [2.45, 2.75) is 26.4 Å². The molecule has 2 aromatic carbocycles. The second-order valence-corrected chi connectivity index (χ2v) is 5.88. The van der Waals surface area contributed by atoms with Crippen molar-refractivity contribution in [2.75, 3.05) is 20.8 Å². The largest absolute Gasteiger partial charge is 0.493 e. The molecule has 0 aromatic heterocycles. The Morgan fingerprint density at radius 2 is 1.72 bits per heavy atom. The molecule has 2 aromatic rings. The summed E-state index contributed by atoms with van der Waals surface area (Å²) in [4.78, 5) is 12.0. The number of hydrogen-bond acceptors (Lipinski definition) is 4. The molecule has 0 aliphatic heterocycles. The molecule has 0 radical (unpaired) electrons. The highest BCUT2D eigenvalue weighted by Crippen LogP contribution is 2.27. The van der Waals surface area contributed by atoms with E-state index in [9.17, 15) is 4.79 Å². The predicted octanol–water partition coefficient (Wildman–Crippen LogP) is 2.81. The zero-order chi connectivity index (χ0) is 18.1. The maximum absolute atomic E-state index is 12.0. The van der Waals surface area contributed by atoms with Crippen LogP contribution in [0.15, 0.2) is 42.5 Å². The van der Waals surface area contributed by atoms with Crippen LogP contribution in [-0.2, 0) is 17.9 Å². The highest BCUT2D eigenvalue weighted by Gasteiger charge is 2.06. The number of amides is 1. The van der Waals surface area contributed by atoms with E-state index in [0.717, 1.165) is 12.1 Å². The number of nitrogens with one attached hydrogen (secondary N) is 2. The third-order valence-electron chi connectivity index (χ3n) is 3.88. The van der Waals surface area contributed by atoms with Crippen molar-refractivity contribution in [3.8, 4) is 11.5 Å². The average molecular weight is 342 g/mol. The highest BCUT2D eigenvalue weighted by atomic mass is 16.5. The smallest absolute Gasteiger partial charge is 0.221 e. The summed E-state index contributed by atoms with van der Waals surface area (Å²) in [6, 6.07) is 14.0. The number of hydrogen-bond donors (Lipinski definition) is 2. The van der Waals surface area contributed by atoms with Crippen LogP contribution in [0.2, 0.25) is 0 Å². The van der Waals surface area contributed by atoms with Gasteiger partial charge >= 0.3 is 0 Å². The molecule has 0 aliphatic carbocycles. The fraction of sp³-hybridized carbons (Fsp3) is 0.350. The van der Waals surface area contributed by atoms with Crippen LogP contribution in [0.1, 0.15) is 23.1 Å². The molecule has 5 heteroatoms. The van der Waals surface area contributed by atoms with E-state index in [4.69, 9.17) is 9.47 Å². The summed E-state index contributed by atoms with van der Waals surface area (Å²) in [6.07, 6.45) is 0.444. The van der Waals surface area contributed by atoms with Gasteiger partial charge in [0.05, 0.1) is 14.2 Å². The summed E-state index contributed by atoms with van der Waals surface area (Å²) in [6.45, 7) is 3.96. The molecule has 25 heavy (non-hydrogen) atoms. The Bertz CT molecular complexity index is 701. The molecule has 1 amide bonds. The van der Waals surface area contributed by atoms with E-state index in [2.05, 4.69) is 35.8 Å². The molecule has 2 rings (SSSR count). The van der Waals surface area contributed by atoms with Crippen molar-refractivity contribution in [1.29, 1.82) is 0 Å². The Kier molecular flexibility index (Phi) is 7.29. The van der Waals surface area contributed by atoms with Crippen molar-refractivity contribution in [2.24, 2.45) is 0 Å². The number of carbonyl (C=O) groups excluding carboxylic acids is 1. The predicted molar refractivity (Wildman–Crippen MR) is 98.9 cm³/mol. The number of ether oxygens (including phenoxy) is 2. The molecule has 2 N–H and O–H groups in total. The molecule has 0 spiro atoms. The van der Waals surface area contributed by atoms with Gasteiger partial charge in [0, 0.05) is 26.1 Å². The quantitative estimate of drug-likeness (QED) is 0.688. The van der Waals surface area contributed by atoms with E-state index < -0.39 is 0 Å². The van der Waals surface area contributed by atoms with Gasteiger partial charge in [-0.25, -0.2) is 0 Å². The second-order valence-electron chi connectivity index (χ2n) is 5.88. The average Bonchev–Trinajstić information content (AvgIpc) is 2.63. The lowest BCUT2D eigenvalue weighted by Gasteiger charge is -2.10. The van der Waals surface area contributed by atoms with Gasteiger partial charge in [-0.1, -0.05) is 35.9 Å². The summed E-state index contributed by atoms with van der Waals surface area (Å²) >= 11 is 0. The molecule has 0 aliphatic rings. The maximum Gasteiger partial charge on any atom is 0.221 e. The van der Waals surface area contributed by atoms with E-state index in [1.807, 2.05) is 24.3 Å². The van der Waals surface area contributed by atoms with E-state index in [1.54, 1.807) is 14.2 Å². The van der Waals surface area contributed by atoms with Gasteiger partial charge in [0.1, 0.15) is 0 Å². The van der Waals surface area contributed by atoms with Crippen molar-refractivity contribution in [3.05, 3.63) is 59.2 Å². The third-order valence-corrected chi connectivity index (χ3v) is 3.88. The first kappa shape index (κ1) is 18.8. The molecule has 0 heterocycles. The Morgan fingerprint density at radius 3 is 2.44 bits per heavy atom. The first-order valence-electron chi connectivity index (χ1n) is 8.36. The van der Waals surface area contributed by atoms with Crippen molar-refractivity contribution >= 4 is 5.91 Å². The summed E-state index contributed by atoms with van der Waals surface area (Å²) in [5.74, 6) is 1.36. The fourth-order valence-electron chi connectivity index (χ4n) is 2.54. The minimum Gasteiger partial charge on any atom is -0.493 e. The van der Waals surface area contributed by atoms with Crippen LogP contribution in [0.5, 0.6) is 11.5 Å². The van der Waals surface area contributed by atoms with Crippen LogP contribution in [0.25, 0.3) is 0 Å². The summed E-state index contributed by atoms with van der Waals surface area (Å²) < 4.78 is 10.5. The van der Waals surface area contributed by atoms with Crippen LogP contribution in [0.3, 0.4) is 0 Å². The SMILES string of the molecule is COc1ccc(CNC(=O)CCNCc2cccc(C)c2)cc1OC. The molecule has 0 bridgehead atoms. The first-order valence-corrected chi connectivity index (χ1v) is 8.36. The summed E-state index contributed by atoms with van der Waals surface area (Å²) in [7, 11) is 3.20. The summed E-state index contributed by atoms with van der Waals surface area (Å²) in [5, 5.41) is 6.21. The van der Waals surface area contributed by atoms with Crippen LogP contribution >= 0.6 is 0 Å². The van der Waals surface area contributed by atoms with Crippen LogP contribution in [-0.4, -0.2) is 26.7 Å². The maximum atomic E-state index is 12.0. The zero-order valence-electron chi connectivity index (χ0n) is 15.1. The fourth-order valence-corrected chi connectivity index (χ4v) is 2.54. The van der Waals surface area contributed by atoms with Crippen molar-refractivity contribution in [3.63, 3.8) is 0 Å². The topological polar surface area (TPSA) is 59.6 Å². The van der Waals surface area contributed by atoms with Crippen LogP contribution in [0, 0.1) is 6.92 Å². The van der Waals surface area contributed by atoms with E-state index >= 15 is 0 Å². The lowest BCUT2D eigenvalue weighted by molar-refractivity contribution is -0.121. The van der Waals surface area contributed by atoms with E-state index in [1.165, 1.54) is 11.1 Å². The second kappa shape index (κ2) is 9.69. The Labute approximate surface area is 149 Å². The number of rotatable bonds is 9. The molecule has 0 fully saturated rings. The van der Waals surface area contributed by atoms with Crippen LogP contribution < -0.4 is 20.1 Å². The zero-order valence-corrected chi connectivity index (χ0v) is 15.1. The molecule has 0 saturated carbocycles. The molecule has 0 unspecified atom stereocenters. The van der Waals surface area contributed by atoms with Gasteiger partial charge in [0.25, 0.3) is 0 Å². The Balaban J connectivity index is 1.70. The molecule has 0 atom stereocenters. The molecule has 5 nitrogen and oxygen atoms in total. The summed E-state index contributed by atoms with van der Waals surface area (Å²) in [5.41, 5.74) is 3.44. The normalized spacial score (nSPS) is 10.4. The number of benzene rings is 2. The van der Waals surface area contributed by atoms with Gasteiger partial charge in [0.15, 0.2) is 11.5 Å². The van der Waals surface area contributed by atoms with Gasteiger partial charge < -0.3 is 20.1 Å². The van der Waals surface area contributed by atoms with Gasteiger partial charge in [-0.2, -0.15) is 0 Å².